The Morgan fingerprint density at radius 2 is 1.91 bits per heavy atom. The van der Waals surface area contributed by atoms with Crippen molar-refractivity contribution in [3.05, 3.63) is 46.8 Å². The van der Waals surface area contributed by atoms with Crippen LogP contribution in [0.3, 0.4) is 0 Å². The zero-order valence-corrected chi connectivity index (χ0v) is 19.7. The molecule has 0 bridgehead atoms. The second-order valence-corrected chi connectivity index (χ2v) is 8.80. The lowest BCUT2D eigenvalue weighted by Gasteiger charge is -2.20. The van der Waals surface area contributed by atoms with E-state index in [2.05, 4.69) is 14.7 Å². The number of rotatable bonds is 5. The number of methoxy groups -OCH3 is 2. The van der Waals surface area contributed by atoms with Crippen LogP contribution in [0.25, 0.3) is 11.8 Å². The second kappa shape index (κ2) is 8.31. The zero-order chi connectivity index (χ0) is 23.2. The smallest absolute Gasteiger partial charge is 0.283 e. The Balaban J connectivity index is 1.76. The molecule has 166 valence electrons. The molecule has 2 aliphatic rings. The Kier molecular flexibility index (Phi) is 5.68. The summed E-state index contributed by atoms with van der Waals surface area (Å²) in [5.41, 5.74) is 3.78. The number of carbonyl (C=O) groups is 1. The first kappa shape index (κ1) is 21.9. The van der Waals surface area contributed by atoms with E-state index in [1.165, 1.54) is 16.8 Å². The number of aryl methyl sites for hydroxylation is 1. The number of aliphatic imine (C=N–C) groups is 1. The lowest BCUT2D eigenvalue weighted by molar-refractivity contribution is -0.114. The minimum absolute atomic E-state index is 0.0370. The number of aromatic nitrogens is 1. The van der Waals surface area contributed by atoms with Crippen LogP contribution in [0.2, 0.25) is 0 Å². The fraction of sp³-hybridized carbons (Fsp3) is 0.304. The summed E-state index contributed by atoms with van der Waals surface area (Å²) in [4.78, 5) is 16.9. The third kappa shape index (κ3) is 3.62. The highest BCUT2D eigenvalue weighted by Crippen LogP contribution is 2.34. The summed E-state index contributed by atoms with van der Waals surface area (Å²) in [5, 5.41) is 15.8. The third-order valence-corrected chi connectivity index (χ3v) is 6.57. The lowest BCUT2D eigenvalue weighted by Crippen LogP contribution is -2.35. The van der Waals surface area contributed by atoms with E-state index in [1.807, 2.05) is 52.0 Å². The van der Waals surface area contributed by atoms with Crippen LogP contribution in [0.15, 0.2) is 39.9 Å². The van der Waals surface area contributed by atoms with Crippen LogP contribution in [0, 0.1) is 25.2 Å². The van der Waals surface area contributed by atoms with Crippen molar-refractivity contribution in [1.29, 1.82) is 5.41 Å². The quantitative estimate of drug-likeness (QED) is 0.681. The number of ether oxygens (including phenoxy) is 2. The standard InChI is InChI=1S/C23H25N5O3S/c1-12(2)22-26-28-20(24)17(21(29)25-23(28)32-22)10-15-9-13(3)27(14(15)4)18-8-7-16(30-5)11-19(18)31-6/h7-12,24H,1-6H3/b17-10-,24-20?. The average molecular weight is 452 g/mol. The minimum Gasteiger partial charge on any atom is -0.497 e. The van der Waals surface area contributed by atoms with Crippen molar-refractivity contribution in [2.24, 2.45) is 16.0 Å². The summed E-state index contributed by atoms with van der Waals surface area (Å²) in [6.07, 6.45) is 1.72. The summed E-state index contributed by atoms with van der Waals surface area (Å²) in [6.45, 7) is 8.00. The van der Waals surface area contributed by atoms with Crippen molar-refractivity contribution in [3.63, 3.8) is 0 Å². The molecule has 0 atom stereocenters. The van der Waals surface area contributed by atoms with Gasteiger partial charge in [0, 0.05) is 23.4 Å². The number of nitrogens with zero attached hydrogens (tertiary/aromatic N) is 4. The summed E-state index contributed by atoms with van der Waals surface area (Å²) in [7, 11) is 3.23. The van der Waals surface area contributed by atoms with Crippen molar-refractivity contribution in [1.82, 2.24) is 9.58 Å². The molecule has 32 heavy (non-hydrogen) atoms. The summed E-state index contributed by atoms with van der Waals surface area (Å²) >= 11 is 1.34. The molecule has 8 nitrogen and oxygen atoms in total. The number of amidine groups is 2. The van der Waals surface area contributed by atoms with Gasteiger partial charge in [-0.3, -0.25) is 10.2 Å². The van der Waals surface area contributed by atoms with Gasteiger partial charge in [-0.25, -0.2) is 0 Å². The highest BCUT2D eigenvalue weighted by atomic mass is 32.2. The van der Waals surface area contributed by atoms with Crippen molar-refractivity contribution < 1.29 is 14.3 Å². The normalized spacial score (nSPS) is 17.1. The molecular formula is C23H25N5O3S. The largest absolute Gasteiger partial charge is 0.497 e. The van der Waals surface area contributed by atoms with E-state index >= 15 is 0 Å². The topological polar surface area (TPSA) is 92.3 Å². The third-order valence-electron chi connectivity index (χ3n) is 5.36. The van der Waals surface area contributed by atoms with Crippen molar-refractivity contribution >= 4 is 39.8 Å². The van der Waals surface area contributed by atoms with E-state index in [9.17, 15) is 4.79 Å². The lowest BCUT2D eigenvalue weighted by atomic mass is 10.1. The molecule has 0 unspecified atom stereocenters. The molecule has 3 heterocycles. The maximum absolute atomic E-state index is 12.7. The molecule has 0 spiro atoms. The molecule has 0 saturated carbocycles. The van der Waals surface area contributed by atoms with Crippen molar-refractivity contribution in [3.8, 4) is 17.2 Å². The number of fused-ring (bicyclic) bond motifs is 1. The molecule has 2 aromatic rings. The second-order valence-electron chi connectivity index (χ2n) is 7.81. The predicted molar refractivity (Wildman–Crippen MR) is 128 cm³/mol. The Morgan fingerprint density at radius 3 is 2.56 bits per heavy atom. The van der Waals surface area contributed by atoms with E-state index in [-0.39, 0.29) is 17.3 Å². The van der Waals surface area contributed by atoms with Gasteiger partial charge >= 0.3 is 0 Å². The zero-order valence-electron chi connectivity index (χ0n) is 18.9. The summed E-state index contributed by atoms with van der Waals surface area (Å²) in [6, 6.07) is 7.62. The van der Waals surface area contributed by atoms with Crippen LogP contribution in [-0.4, -0.2) is 45.7 Å². The van der Waals surface area contributed by atoms with Gasteiger partial charge in [0.05, 0.1) is 25.5 Å². The van der Waals surface area contributed by atoms with Gasteiger partial charge in [-0.15, -0.1) is 0 Å². The van der Waals surface area contributed by atoms with Gasteiger partial charge in [0.2, 0.25) is 5.17 Å². The van der Waals surface area contributed by atoms with Gasteiger partial charge in [-0.2, -0.15) is 15.1 Å². The fourth-order valence-electron chi connectivity index (χ4n) is 3.67. The molecule has 0 saturated heterocycles. The van der Waals surface area contributed by atoms with Crippen LogP contribution in [-0.2, 0) is 4.79 Å². The van der Waals surface area contributed by atoms with Crippen LogP contribution in [0.5, 0.6) is 11.5 Å². The highest BCUT2D eigenvalue weighted by molar-refractivity contribution is 8.27. The average Bonchev–Trinajstić information content (AvgIpc) is 3.31. The van der Waals surface area contributed by atoms with E-state index in [4.69, 9.17) is 14.9 Å². The van der Waals surface area contributed by atoms with Crippen LogP contribution in [0.1, 0.15) is 30.8 Å². The first-order chi connectivity index (χ1) is 15.2. The Labute approximate surface area is 191 Å². The number of hydrazone groups is 1. The molecule has 0 fully saturated rings. The van der Waals surface area contributed by atoms with Crippen LogP contribution >= 0.6 is 11.8 Å². The van der Waals surface area contributed by atoms with Gasteiger partial charge < -0.3 is 14.0 Å². The monoisotopic (exact) mass is 451 g/mol. The van der Waals surface area contributed by atoms with Crippen molar-refractivity contribution in [2.45, 2.75) is 27.7 Å². The molecule has 2 aliphatic heterocycles. The number of hydrogen-bond donors (Lipinski definition) is 1. The Morgan fingerprint density at radius 1 is 1.16 bits per heavy atom. The van der Waals surface area contributed by atoms with E-state index in [0.29, 0.717) is 16.7 Å². The van der Waals surface area contributed by atoms with Crippen LogP contribution in [0.4, 0.5) is 0 Å². The van der Waals surface area contributed by atoms with Gasteiger partial charge in [0.1, 0.15) is 16.5 Å². The number of thioether (sulfide) groups is 1. The van der Waals surface area contributed by atoms with Gasteiger partial charge in [-0.1, -0.05) is 13.8 Å². The first-order valence-electron chi connectivity index (χ1n) is 10.2. The highest BCUT2D eigenvalue weighted by Gasteiger charge is 2.36. The molecule has 4 rings (SSSR count). The first-order valence-corrected chi connectivity index (χ1v) is 11.0. The maximum Gasteiger partial charge on any atom is 0.283 e. The Bertz CT molecular complexity index is 1220. The predicted octanol–water partition coefficient (Wildman–Crippen LogP) is 4.39. The molecule has 1 aromatic carbocycles. The molecule has 1 amide bonds. The molecule has 0 radical (unpaired) electrons. The molecule has 9 heteroatoms. The number of nitrogens with one attached hydrogen (secondary N) is 1. The maximum atomic E-state index is 12.7. The number of amides is 1. The molecule has 0 aliphatic carbocycles. The van der Waals surface area contributed by atoms with E-state index in [1.54, 1.807) is 20.3 Å². The summed E-state index contributed by atoms with van der Waals surface area (Å²) < 4.78 is 12.9. The molecule has 1 aromatic heterocycles. The molecular weight excluding hydrogens is 426 g/mol. The molecule has 1 N–H and O–H groups in total. The minimum atomic E-state index is -0.430. The fourth-order valence-corrected chi connectivity index (χ4v) is 4.56. The number of benzene rings is 1. The van der Waals surface area contributed by atoms with Crippen LogP contribution < -0.4 is 9.47 Å². The van der Waals surface area contributed by atoms with Crippen molar-refractivity contribution in [2.75, 3.05) is 14.2 Å². The van der Waals surface area contributed by atoms with Gasteiger partial charge in [0.15, 0.2) is 5.84 Å². The van der Waals surface area contributed by atoms with E-state index in [0.717, 1.165) is 27.7 Å². The van der Waals surface area contributed by atoms with Gasteiger partial charge in [-0.05, 0) is 55.4 Å². The SMILES string of the molecule is COc1ccc(-n2c(C)cc(/C=C3/C(=N)N4N=C(C(C)C)SC4=NC3=O)c2C)c(OC)c1. The van der Waals surface area contributed by atoms with E-state index < -0.39 is 5.91 Å². The van der Waals surface area contributed by atoms with Gasteiger partial charge in [0.25, 0.3) is 5.91 Å². The summed E-state index contributed by atoms with van der Waals surface area (Å²) in [5.74, 6) is 1.18. The Hall–Kier alpha value is -3.33. The number of hydrogen-bond acceptors (Lipinski definition) is 6. The number of carbonyl (C=O) groups excluding carboxylic acids is 1.